The van der Waals surface area contributed by atoms with E-state index >= 15 is 0 Å². The third-order valence-corrected chi connectivity index (χ3v) is 6.43. The van der Waals surface area contributed by atoms with Crippen molar-refractivity contribution in [1.29, 1.82) is 0 Å². The third kappa shape index (κ3) is 9.78. The van der Waals surface area contributed by atoms with Gasteiger partial charge in [0.15, 0.2) is 5.92 Å². The molecule has 3 amide bonds. The molecule has 9 nitrogen and oxygen atoms in total. The first-order chi connectivity index (χ1) is 19.8. The van der Waals surface area contributed by atoms with Gasteiger partial charge in [-0.05, 0) is 56.5 Å². The van der Waals surface area contributed by atoms with Crippen molar-refractivity contribution in [2.24, 2.45) is 5.92 Å². The van der Waals surface area contributed by atoms with Crippen molar-refractivity contribution in [2.75, 3.05) is 11.9 Å². The number of nitrogens with one attached hydrogen (secondary N) is 3. The minimum atomic E-state index is -1.47. The Morgan fingerprint density at radius 3 is 1.98 bits per heavy atom. The van der Waals surface area contributed by atoms with E-state index in [2.05, 4.69) is 16.0 Å². The third-order valence-electron chi connectivity index (χ3n) is 5.83. The van der Waals surface area contributed by atoms with Gasteiger partial charge in [-0.25, -0.2) is 4.79 Å². The lowest BCUT2D eigenvalue weighted by molar-refractivity contribution is -0.152. The number of alkyl carbamates (subject to hydrolysis) is 1. The van der Waals surface area contributed by atoms with E-state index in [0.717, 1.165) is 11.1 Å². The number of amides is 3. The molecule has 0 heterocycles. The summed E-state index contributed by atoms with van der Waals surface area (Å²) in [5.74, 6) is -3.78. The number of anilines is 1. The molecule has 3 aromatic carbocycles. The number of hydrogen-bond acceptors (Lipinski definition) is 6. The van der Waals surface area contributed by atoms with Gasteiger partial charge in [0.25, 0.3) is 0 Å². The maximum absolute atomic E-state index is 13.4. The number of benzene rings is 3. The first kappa shape index (κ1) is 32.4. The van der Waals surface area contributed by atoms with Crippen LogP contribution in [0.2, 0.25) is 10.0 Å². The van der Waals surface area contributed by atoms with Crippen LogP contribution in [0.25, 0.3) is 11.1 Å². The number of carbonyl (C=O) groups excluding carboxylic acids is 4. The summed E-state index contributed by atoms with van der Waals surface area (Å²) in [6, 6.07) is 20.6. The van der Waals surface area contributed by atoms with Crippen LogP contribution < -0.4 is 16.0 Å². The quantitative estimate of drug-likeness (QED) is 0.191. The van der Waals surface area contributed by atoms with Crippen LogP contribution in [0, 0.1) is 5.92 Å². The van der Waals surface area contributed by atoms with E-state index in [4.69, 9.17) is 32.7 Å². The molecule has 0 saturated heterocycles. The van der Waals surface area contributed by atoms with Crippen LogP contribution in [0.3, 0.4) is 0 Å². The van der Waals surface area contributed by atoms with Crippen molar-refractivity contribution in [3.05, 3.63) is 88.4 Å². The lowest BCUT2D eigenvalue weighted by Gasteiger charge is -2.22. The molecular formula is C31H33Cl2N3O6. The first-order valence-electron chi connectivity index (χ1n) is 13.2. The Morgan fingerprint density at radius 2 is 1.40 bits per heavy atom. The Kier molecular flexibility index (Phi) is 11.4. The second-order valence-electron chi connectivity index (χ2n) is 10.4. The maximum Gasteiger partial charge on any atom is 0.408 e. The van der Waals surface area contributed by atoms with Crippen molar-refractivity contribution in [3.63, 3.8) is 0 Å². The van der Waals surface area contributed by atoms with Crippen molar-refractivity contribution in [1.82, 2.24) is 10.6 Å². The summed E-state index contributed by atoms with van der Waals surface area (Å²) < 4.78 is 10.6. The molecule has 0 bridgehead atoms. The van der Waals surface area contributed by atoms with Gasteiger partial charge in [-0.15, -0.1) is 0 Å². The molecule has 0 unspecified atom stereocenters. The van der Waals surface area contributed by atoms with Gasteiger partial charge < -0.3 is 25.4 Å². The Labute approximate surface area is 254 Å². The zero-order valence-corrected chi connectivity index (χ0v) is 25.2. The van der Waals surface area contributed by atoms with E-state index < -0.39 is 48.0 Å². The van der Waals surface area contributed by atoms with Crippen LogP contribution in [0.1, 0.15) is 33.3 Å². The summed E-state index contributed by atoms with van der Waals surface area (Å²) in [5.41, 5.74) is 1.68. The Bertz CT molecular complexity index is 1390. The van der Waals surface area contributed by atoms with Gasteiger partial charge in [-0.2, -0.15) is 0 Å². The summed E-state index contributed by atoms with van der Waals surface area (Å²) in [7, 11) is 0. The minimum Gasteiger partial charge on any atom is -0.460 e. The van der Waals surface area contributed by atoms with Gasteiger partial charge in [0, 0.05) is 6.54 Å². The van der Waals surface area contributed by atoms with Gasteiger partial charge in [0.1, 0.15) is 18.2 Å². The van der Waals surface area contributed by atoms with Gasteiger partial charge >= 0.3 is 12.1 Å². The standard InChI is InChI=1S/C31H33Cl2N3O6/c1-19(35-30(40)42-31(2,3)4)27(37)34-17-23(29(39)41-18-20-11-7-5-8-12-20)28(38)36-26-24(32)15-22(16-25(26)33)21-13-9-6-10-14-21/h5-16,19,23H,17-18H2,1-4H3,(H,34,37)(H,35,40)(H,36,38)/t19-,23-/m0/s1. The van der Waals surface area contributed by atoms with Crippen molar-refractivity contribution in [2.45, 2.75) is 45.9 Å². The highest BCUT2D eigenvalue weighted by Gasteiger charge is 2.31. The molecule has 0 aromatic heterocycles. The highest BCUT2D eigenvalue weighted by atomic mass is 35.5. The molecule has 0 spiro atoms. The molecule has 222 valence electrons. The number of carbonyl (C=O) groups is 4. The molecule has 2 atom stereocenters. The minimum absolute atomic E-state index is 0.0821. The second-order valence-corrected chi connectivity index (χ2v) is 11.2. The normalized spacial score (nSPS) is 12.4. The van der Waals surface area contributed by atoms with Crippen LogP contribution in [-0.2, 0) is 30.5 Å². The van der Waals surface area contributed by atoms with Gasteiger partial charge in [0.2, 0.25) is 11.8 Å². The fraction of sp³-hybridized carbons (Fsp3) is 0.290. The highest BCUT2D eigenvalue weighted by molar-refractivity contribution is 6.40. The SMILES string of the molecule is C[C@H](NC(=O)OC(C)(C)C)C(=O)NC[C@@H](C(=O)Nc1c(Cl)cc(-c2ccccc2)cc1Cl)C(=O)OCc1ccccc1. The van der Waals surface area contributed by atoms with E-state index in [0.29, 0.717) is 5.56 Å². The molecule has 3 N–H and O–H groups in total. The smallest absolute Gasteiger partial charge is 0.408 e. The number of ether oxygens (including phenoxy) is 2. The largest absolute Gasteiger partial charge is 0.460 e. The zero-order chi connectivity index (χ0) is 30.9. The fourth-order valence-electron chi connectivity index (χ4n) is 3.72. The van der Waals surface area contributed by atoms with Crippen LogP contribution in [0.15, 0.2) is 72.8 Å². The molecule has 0 aliphatic heterocycles. The van der Waals surface area contributed by atoms with Crippen molar-refractivity contribution in [3.8, 4) is 11.1 Å². The van der Waals surface area contributed by atoms with E-state index in [1.165, 1.54) is 6.92 Å². The summed E-state index contributed by atoms with van der Waals surface area (Å²) in [6.45, 7) is 6.01. The predicted molar refractivity (Wildman–Crippen MR) is 162 cm³/mol. The lowest BCUT2D eigenvalue weighted by Crippen LogP contribution is -2.49. The van der Waals surface area contributed by atoms with Crippen LogP contribution in [0.4, 0.5) is 10.5 Å². The summed E-state index contributed by atoms with van der Waals surface area (Å²) in [4.78, 5) is 51.2. The average molecular weight is 615 g/mol. The topological polar surface area (TPSA) is 123 Å². The maximum atomic E-state index is 13.4. The van der Waals surface area contributed by atoms with E-state index in [1.54, 1.807) is 57.2 Å². The summed E-state index contributed by atoms with van der Waals surface area (Å²) in [6.07, 6.45) is -0.787. The summed E-state index contributed by atoms with van der Waals surface area (Å²) in [5, 5.41) is 7.85. The molecule has 0 fully saturated rings. The molecular weight excluding hydrogens is 581 g/mol. The number of halogens is 2. The van der Waals surface area contributed by atoms with E-state index in [9.17, 15) is 19.2 Å². The number of esters is 1. The van der Waals surface area contributed by atoms with Crippen molar-refractivity contribution >= 4 is 52.8 Å². The van der Waals surface area contributed by atoms with Crippen LogP contribution in [-0.4, -0.2) is 42.1 Å². The Balaban J connectivity index is 1.75. The summed E-state index contributed by atoms with van der Waals surface area (Å²) >= 11 is 13.0. The first-order valence-corrected chi connectivity index (χ1v) is 13.9. The van der Waals surface area contributed by atoms with Crippen LogP contribution >= 0.6 is 23.2 Å². The molecule has 0 radical (unpaired) electrons. The average Bonchev–Trinajstić information content (AvgIpc) is 2.93. The Hall–Kier alpha value is -4.08. The van der Waals surface area contributed by atoms with Gasteiger partial charge in [0.05, 0.1) is 15.7 Å². The molecule has 3 aromatic rings. The predicted octanol–water partition coefficient (Wildman–Crippen LogP) is 5.99. The molecule has 3 rings (SSSR count). The number of hydrogen-bond donors (Lipinski definition) is 3. The Morgan fingerprint density at radius 1 is 0.833 bits per heavy atom. The monoisotopic (exact) mass is 613 g/mol. The van der Waals surface area contributed by atoms with Crippen molar-refractivity contribution < 1.29 is 28.7 Å². The van der Waals surface area contributed by atoms with Crippen LogP contribution in [0.5, 0.6) is 0 Å². The van der Waals surface area contributed by atoms with Gasteiger partial charge in [-0.3, -0.25) is 14.4 Å². The lowest BCUT2D eigenvalue weighted by atomic mass is 10.0. The van der Waals surface area contributed by atoms with E-state index in [1.807, 2.05) is 36.4 Å². The fourth-order valence-corrected chi connectivity index (χ4v) is 4.30. The highest BCUT2D eigenvalue weighted by Crippen LogP contribution is 2.36. The molecule has 0 aliphatic rings. The molecule has 42 heavy (non-hydrogen) atoms. The van der Waals surface area contributed by atoms with Gasteiger partial charge in [-0.1, -0.05) is 83.9 Å². The van der Waals surface area contributed by atoms with E-state index in [-0.39, 0.29) is 22.3 Å². The molecule has 0 saturated carbocycles. The second kappa shape index (κ2) is 14.7. The number of rotatable bonds is 10. The molecule has 0 aliphatic carbocycles. The zero-order valence-electron chi connectivity index (χ0n) is 23.7. The molecule has 11 heteroatoms.